The Labute approximate surface area is 181 Å². The number of para-hydroxylation sites is 1. The standard InChI is InChI=1S/C21H23ClN4O3S/c1-4-25(5-2)30(28,29)17-11-12-18(22)19(14-17)23-21(27)20-13-15(3)26(24-20)16-9-7-6-8-10-16/h6-14H,4-5H2,1-3H3,(H,23,27). The summed E-state index contributed by atoms with van der Waals surface area (Å²) in [5.41, 5.74) is 2.03. The van der Waals surface area contributed by atoms with E-state index in [0.717, 1.165) is 11.4 Å². The largest absolute Gasteiger partial charge is 0.319 e. The van der Waals surface area contributed by atoms with Gasteiger partial charge in [-0.2, -0.15) is 9.40 Å². The molecule has 0 aliphatic heterocycles. The second-order valence-corrected chi connectivity index (χ2v) is 8.95. The van der Waals surface area contributed by atoms with Gasteiger partial charge in [0.25, 0.3) is 5.91 Å². The third-order valence-electron chi connectivity index (χ3n) is 4.65. The number of amides is 1. The number of aromatic nitrogens is 2. The molecule has 3 aromatic rings. The number of carbonyl (C=O) groups is 1. The maximum absolute atomic E-state index is 12.8. The van der Waals surface area contributed by atoms with E-state index in [1.807, 2.05) is 37.3 Å². The molecule has 0 aliphatic carbocycles. The molecule has 158 valence electrons. The SMILES string of the molecule is CCN(CC)S(=O)(=O)c1ccc(Cl)c(NC(=O)c2cc(C)n(-c3ccccc3)n2)c1. The molecule has 9 heteroatoms. The van der Waals surface area contributed by atoms with Crippen LogP contribution in [0.5, 0.6) is 0 Å². The number of anilines is 1. The molecule has 1 amide bonds. The van der Waals surface area contributed by atoms with Crippen molar-refractivity contribution in [2.45, 2.75) is 25.7 Å². The highest BCUT2D eigenvalue weighted by Gasteiger charge is 2.23. The Morgan fingerprint density at radius 3 is 2.40 bits per heavy atom. The molecule has 0 unspecified atom stereocenters. The van der Waals surface area contributed by atoms with E-state index in [0.29, 0.717) is 13.1 Å². The van der Waals surface area contributed by atoms with E-state index >= 15 is 0 Å². The van der Waals surface area contributed by atoms with Crippen molar-refractivity contribution >= 4 is 33.2 Å². The van der Waals surface area contributed by atoms with Crippen LogP contribution in [0.1, 0.15) is 30.0 Å². The summed E-state index contributed by atoms with van der Waals surface area (Å²) in [6, 6.07) is 15.4. The number of hydrogen-bond donors (Lipinski definition) is 1. The Bertz CT molecular complexity index is 1160. The van der Waals surface area contributed by atoms with Crippen molar-refractivity contribution in [3.63, 3.8) is 0 Å². The molecule has 7 nitrogen and oxygen atoms in total. The maximum atomic E-state index is 12.8. The summed E-state index contributed by atoms with van der Waals surface area (Å²) in [6.45, 7) is 6.08. The van der Waals surface area contributed by atoms with Gasteiger partial charge in [-0.3, -0.25) is 4.79 Å². The van der Waals surface area contributed by atoms with Crippen molar-refractivity contribution in [3.05, 3.63) is 71.0 Å². The van der Waals surface area contributed by atoms with Crippen LogP contribution in [0, 0.1) is 6.92 Å². The summed E-state index contributed by atoms with van der Waals surface area (Å²) < 4.78 is 28.6. The number of nitrogens with zero attached hydrogens (tertiary/aromatic N) is 3. The van der Waals surface area contributed by atoms with Crippen molar-refractivity contribution < 1.29 is 13.2 Å². The third-order valence-corrected chi connectivity index (χ3v) is 7.03. The smallest absolute Gasteiger partial charge is 0.276 e. The summed E-state index contributed by atoms with van der Waals surface area (Å²) >= 11 is 6.21. The predicted molar refractivity (Wildman–Crippen MR) is 118 cm³/mol. The Balaban J connectivity index is 1.89. The van der Waals surface area contributed by atoms with Crippen molar-refractivity contribution in [3.8, 4) is 5.69 Å². The van der Waals surface area contributed by atoms with Crippen molar-refractivity contribution in [1.29, 1.82) is 0 Å². The fraction of sp³-hybridized carbons (Fsp3) is 0.238. The van der Waals surface area contributed by atoms with Crippen LogP contribution >= 0.6 is 11.6 Å². The molecule has 3 rings (SSSR count). The zero-order chi connectivity index (χ0) is 21.9. The summed E-state index contributed by atoms with van der Waals surface area (Å²) in [5, 5.41) is 7.28. The highest BCUT2D eigenvalue weighted by molar-refractivity contribution is 7.89. The molecule has 0 saturated carbocycles. The van der Waals surface area contributed by atoms with Crippen LogP contribution in [0.15, 0.2) is 59.5 Å². The zero-order valence-corrected chi connectivity index (χ0v) is 18.5. The molecule has 0 fully saturated rings. The first-order chi connectivity index (χ1) is 14.3. The van der Waals surface area contributed by atoms with E-state index in [-0.39, 0.29) is 21.3 Å². The van der Waals surface area contributed by atoms with Gasteiger partial charge in [-0.15, -0.1) is 0 Å². The number of nitrogens with one attached hydrogen (secondary N) is 1. The first-order valence-corrected chi connectivity index (χ1v) is 11.3. The van der Waals surface area contributed by atoms with Crippen LogP contribution in [0.4, 0.5) is 5.69 Å². The van der Waals surface area contributed by atoms with Crippen LogP contribution in [0.25, 0.3) is 5.69 Å². The highest BCUT2D eigenvalue weighted by atomic mass is 35.5. The van der Waals surface area contributed by atoms with Gasteiger partial charge in [0, 0.05) is 18.8 Å². The molecule has 1 aromatic heterocycles. The van der Waals surface area contributed by atoms with E-state index in [1.165, 1.54) is 22.5 Å². The fourth-order valence-corrected chi connectivity index (χ4v) is 4.73. The lowest BCUT2D eigenvalue weighted by Gasteiger charge is -2.19. The van der Waals surface area contributed by atoms with E-state index in [2.05, 4.69) is 10.4 Å². The van der Waals surface area contributed by atoms with Crippen LogP contribution in [-0.2, 0) is 10.0 Å². The number of benzene rings is 2. The molecular formula is C21H23ClN4O3S. The monoisotopic (exact) mass is 446 g/mol. The van der Waals surface area contributed by atoms with Crippen LogP contribution < -0.4 is 5.32 Å². The predicted octanol–water partition coefficient (Wildman–Crippen LogP) is 4.12. The Hall–Kier alpha value is -2.68. The van der Waals surface area contributed by atoms with Gasteiger partial charge in [-0.1, -0.05) is 43.6 Å². The number of halogens is 1. The van der Waals surface area contributed by atoms with E-state index < -0.39 is 15.9 Å². The molecule has 0 saturated heterocycles. The number of aryl methyl sites for hydroxylation is 1. The van der Waals surface area contributed by atoms with Crippen LogP contribution in [0.3, 0.4) is 0 Å². The second-order valence-electron chi connectivity index (χ2n) is 6.60. The van der Waals surface area contributed by atoms with Gasteiger partial charge in [0.15, 0.2) is 5.69 Å². The fourth-order valence-electron chi connectivity index (χ4n) is 3.08. The normalized spacial score (nSPS) is 11.6. The van der Waals surface area contributed by atoms with Gasteiger partial charge in [0.1, 0.15) is 0 Å². The Morgan fingerprint density at radius 2 is 1.77 bits per heavy atom. The Morgan fingerprint density at radius 1 is 1.10 bits per heavy atom. The van der Waals surface area contributed by atoms with E-state index in [9.17, 15) is 13.2 Å². The topological polar surface area (TPSA) is 84.3 Å². The van der Waals surface area contributed by atoms with Crippen LogP contribution in [0.2, 0.25) is 5.02 Å². The number of sulfonamides is 1. The summed E-state index contributed by atoms with van der Waals surface area (Å²) in [7, 11) is -3.68. The second kappa shape index (κ2) is 8.99. The number of rotatable bonds is 7. The number of hydrogen-bond acceptors (Lipinski definition) is 4. The minimum Gasteiger partial charge on any atom is -0.319 e. The van der Waals surface area contributed by atoms with E-state index in [1.54, 1.807) is 24.6 Å². The van der Waals surface area contributed by atoms with E-state index in [4.69, 9.17) is 11.6 Å². The molecule has 1 N–H and O–H groups in total. The average Bonchev–Trinajstić information content (AvgIpc) is 3.12. The number of carbonyl (C=O) groups excluding carboxylic acids is 1. The quantitative estimate of drug-likeness (QED) is 0.591. The first-order valence-electron chi connectivity index (χ1n) is 9.51. The van der Waals surface area contributed by atoms with Gasteiger partial charge in [-0.05, 0) is 43.3 Å². The average molecular weight is 447 g/mol. The summed E-state index contributed by atoms with van der Waals surface area (Å²) in [4.78, 5) is 12.8. The molecule has 30 heavy (non-hydrogen) atoms. The molecule has 0 atom stereocenters. The van der Waals surface area contributed by atoms with Gasteiger partial charge >= 0.3 is 0 Å². The molecule has 2 aromatic carbocycles. The van der Waals surface area contributed by atoms with Gasteiger partial charge < -0.3 is 5.32 Å². The molecule has 0 radical (unpaired) electrons. The lowest BCUT2D eigenvalue weighted by atomic mass is 10.3. The zero-order valence-electron chi connectivity index (χ0n) is 17.0. The van der Waals surface area contributed by atoms with Crippen molar-refractivity contribution in [2.24, 2.45) is 0 Å². The van der Waals surface area contributed by atoms with Gasteiger partial charge in [0.05, 0.1) is 21.3 Å². The minimum atomic E-state index is -3.68. The molecule has 0 bridgehead atoms. The van der Waals surface area contributed by atoms with Crippen molar-refractivity contribution in [2.75, 3.05) is 18.4 Å². The lowest BCUT2D eigenvalue weighted by Crippen LogP contribution is -2.30. The van der Waals surface area contributed by atoms with Gasteiger partial charge in [0.2, 0.25) is 10.0 Å². The molecule has 1 heterocycles. The first kappa shape index (κ1) is 22.0. The highest BCUT2D eigenvalue weighted by Crippen LogP contribution is 2.27. The third kappa shape index (κ3) is 4.40. The Kier molecular flexibility index (Phi) is 6.60. The lowest BCUT2D eigenvalue weighted by molar-refractivity contribution is 0.102. The maximum Gasteiger partial charge on any atom is 0.276 e. The summed E-state index contributed by atoms with van der Waals surface area (Å²) in [6.07, 6.45) is 0. The van der Waals surface area contributed by atoms with Gasteiger partial charge in [-0.25, -0.2) is 13.1 Å². The molecule has 0 spiro atoms. The molecular weight excluding hydrogens is 424 g/mol. The minimum absolute atomic E-state index is 0.0666. The van der Waals surface area contributed by atoms with Crippen LogP contribution in [-0.4, -0.2) is 41.5 Å². The summed E-state index contributed by atoms with van der Waals surface area (Å²) in [5.74, 6) is -0.480. The van der Waals surface area contributed by atoms with Crippen molar-refractivity contribution in [1.82, 2.24) is 14.1 Å². The molecule has 0 aliphatic rings.